The van der Waals surface area contributed by atoms with Gasteiger partial charge in [-0.15, -0.1) is 0 Å². The monoisotopic (exact) mass is 299 g/mol. The van der Waals surface area contributed by atoms with Crippen LogP contribution in [0.15, 0.2) is 8.71 Å². The summed E-state index contributed by atoms with van der Waals surface area (Å²) in [5.41, 5.74) is 0.520. The first-order valence-corrected chi connectivity index (χ1v) is 6.92. The van der Waals surface area contributed by atoms with Gasteiger partial charge in [0.15, 0.2) is 14.3 Å². The minimum absolute atomic E-state index is 0.0175. The first-order chi connectivity index (χ1) is 7.75. The average molecular weight is 300 g/mol. The summed E-state index contributed by atoms with van der Waals surface area (Å²) in [6.07, 6.45) is 4.26. The maximum Gasteiger partial charge on any atom is 0.280 e. The quantitative estimate of drug-likeness (QED) is 0.750. The van der Waals surface area contributed by atoms with Gasteiger partial charge >= 0.3 is 0 Å². The highest BCUT2D eigenvalue weighted by Crippen LogP contribution is 2.23. The zero-order valence-electron chi connectivity index (χ0n) is 8.57. The second-order valence-corrected chi connectivity index (χ2v) is 6.17. The number of hydrogen-bond donors (Lipinski definition) is 0. The standard InChI is InChI=1S/C10H10BrN3OS/c11-10-13-7-8(16-10)12-6-4-2-1-3-5-14(6)9(7)15/h1-5H2. The van der Waals surface area contributed by atoms with Crippen LogP contribution in [0.1, 0.15) is 25.1 Å². The maximum absolute atomic E-state index is 12.2. The summed E-state index contributed by atoms with van der Waals surface area (Å²) in [6, 6.07) is 0. The molecule has 0 aromatic carbocycles. The van der Waals surface area contributed by atoms with Crippen LogP contribution in [0.2, 0.25) is 0 Å². The second kappa shape index (κ2) is 3.92. The Balaban J connectivity index is 2.33. The normalized spacial score (nSPS) is 16.1. The molecule has 16 heavy (non-hydrogen) atoms. The molecule has 0 saturated carbocycles. The minimum Gasteiger partial charge on any atom is -0.295 e. The third-order valence-corrected chi connectivity index (χ3v) is 4.26. The van der Waals surface area contributed by atoms with Gasteiger partial charge in [0.25, 0.3) is 5.56 Å². The molecule has 1 aliphatic rings. The molecule has 0 unspecified atom stereocenters. The highest BCUT2D eigenvalue weighted by atomic mass is 79.9. The summed E-state index contributed by atoms with van der Waals surface area (Å²) in [6.45, 7) is 0.784. The molecule has 1 aliphatic heterocycles. The van der Waals surface area contributed by atoms with Gasteiger partial charge < -0.3 is 0 Å². The Kier molecular flexibility index (Phi) is 2.55. The molecule has 0 bridgehead atoms. The summed E-state index contributed by atoms with van der Waals surface area (Å²) >= 11 is 4.73. The molecule has 0 saturated heterocycles. The second-order valence-electron chi connectivity index (χ2n) is 3.92. The van der Waals surface area contributed by atoms with Crippen LogP contribution in [0, 0.1) is 0 Å². The van der Waals surface area contributed by atoms with E-state index in [2.05, 4.69) is 25.9 Å². The molecule has 0 radical (unpaired) electrons. The van der Waals surface area contributed by atoms with E-state index in [1.807, 2.05) is 0 Å². The van der Waals surface area contributed by atoms with Crippen LogP contribution in [0.25, 0.3) is 10.3 Å². The lowest BCUT2D eigenvalue weighted by atomic mass is 10.2. The lowest BCUT2D eigenvalue weighted by molar-refractivity contribution is 0.613. The Bertz CT molecular complexity index is 604. The van der Waals surface area contributed by atoms with E-state index in [0.29, 0.717) is 5.52 Å². The summed E-state index contributed by atoms with van der Waals surface area (Å²) in [5.74, 6) is 0.922. The lowest BCUT2D eigenvalue weighted by Gasteiger charge is -2.06. The fourth-order valence-electron chi connectivity index (χ4n) is 2.08. The average Bonchev–Trinajstić information content (AvgIpc) is 2.48. The SMILES string of the molecule is O=c1c2nc(Br)sc2nc2n1CCCCC2. The van der Waals surface area contributed by atoms with Crippen molar-refractivity contribution in [3.05, 3.63) is 20.1 Å². The van der Waals surface area contributed by atoms with Crippen molar-refractivity contribution in [2.24, 2.45) is 0 Å². The van der Waals surface area contributed by atoms with E-state index in [1.54, 1.807) is 4.57 Å². The van der Waals surface area contributed by atoms with Gasteiger partial charge in [-0.2, -0.15) is 0 Å². The number of rotatable bonds is 0. The Hall–Kier alpha value is -0.750. The first kappa shape index (κ1) is 10.4. The van der Waals surface area contributed by atoms with Gasteiger partial charge in [-0.05, 0) is 28.8 Å². The molecule has 0 aliphatic carbocycles. The fraction of sp³-hybridized carbons (Fsp3) is 0.500. The van der Waals surface area contributed by atoms with E-state index >= 15 is 0 Å². The molecule has 2 aromatic rings. The zero-order valence-corrected chi connectivity index (χ0v) is 11.0. The Morgan fingerprint density at radius 2 is 2.12 bits per heavy atom. The molecule has 0 N–H and O–H groups in total. The zero-order chi connectivity index (χ0) is 11.1. The smallest absolute Gasteiger partial charge is 0.280 e. The van der Waals surface area contributed by atoms with Gasteiger partial charge in [-0.1, -0.05) is 17.8 Å². The van der Waals surface area contributed by atoms with E-state index in [9.17, 15) is 4.79 Å². The molecule has 4 nitrogen and oxygen atoms in total. The van der Waals surface area contributed by atoms with Crippen LogP contribution >= 0.6 is 27.3 Å². The highest BCUT2D eigenvalue weighted by Gasteiger charge is 2.16. The molecule has 6 heteroatoms. The topological polar surface area (TPSA) is 47.8 Å². The number of halogens is 1. The lowest BCUT2D eigenvalue weighted by Crippen LogP contribution is -2.24. The maximum atomic E-state index is 12.2. The van der Waals surface area contributed by atoms with Crippen LogP contribution < -0.4 is 5.56 Å². The number of aryl methyl sites for hydroxylation is 1. The van der Waals surface area contributed by atoms with Crippen molar-refractivity contribution < 1.29 is 0 Å². The molecule has 3 heterocycles. The number of fused-ring (bicyclic) bond motifs is 2. The van der Waals surface area contributed by atoms with Crippen LogP contribution in [0.3, 0.4) is 0 Å². The number of aromatic nitrogens is 3. The largest absolute Gasteiger partial charge is 0.295 e. The Morgan fingerprint density at radius 1 is 1.25 bits per heavy atom. The van der Waals surface area contributed by atoms with Crippen LogP contribution in [-0.4, -0.2) is 14.5 Å². The van der Waals surface area contributed by atoms with Gasteiger partial charge in [0.1, 0.15) is 5.82 Å². The number of hydrogen-bond acceptors (Lipinski definition) is 4. The van der Waals surface area contributed by atoms with Gasteiger partial charge in [0, 0.05) is 13.0 Å². The van der Waals surface area contributed by atoms with Crippen molar-refractivity contribution in [2.45, 2.75) is 32.2 Å². The first-order valence-electron chi connectivity index (χ1n) is 5.31. The fourth-order valence-corrected chi connectivity index (χ4v) is 3.39. The van der Waals surface area contributed by atoms with E-state index in [-0.39, 0.29) is 5.56 Å². The van der Waals surface area contributed by atoms with Crippen molar-refractivity contribution in [1.29, 1.82) is 0 Å². The minimum atomic E-state index is 0.0175. The van der Waals surface area contributed by atoms with Crippen molar-refractivity contribution in [2.75, 3.05) is 0 Å². The molecule has 0 spiro atoms. The van der Waals surface area contributed by atoms with Crippen LogP contribution in [0.4, 0.5) is 0 Å². The van der Waals surface area contributed by atoms with E-state index < -0.39 is 0 Å². The third kappa shape index (κ3) is 1.60. The predicted octanol–water partition coefficient (Wildman–Crippen LogP) is 2.34. The van der Waals surface area contributed by atoms with Gasteiger partial charge in [-0.25, -0.2) is 9.97 Å². The van der Waals surface area contributed by atoms with Gasteiger partial charge in [-0.3, -0.25) is 9.36 Å². The summed E-state index contributed by atoms with van der Waals surface area (Å²) in [4.78, 5) is 21.7. The molecule has 0 atom stereocenters. The van der Waals surface area contributed by atoms with Crippen LogP contribution in [-0.2, 0) is 13.0 Å². The molecular weight excluding hydrogens is 290 g/mol. The molecule has 3 rings (SSSR count). The number of nitrogens with zero attached hydrogens (tertiary/aromatic N) is 3. The van der Waals surface area contributed by atoms with E-state index in [4.69, 9.17) is 0 Å². The van der Waals surface area contributed by atoms with Crippen LogP contribution in [0.5, 0.6) is 0 Å². The summed E-state index contributed by atoms with van der Waals surface area (Å²) in [7, 11) is 0. The molecule has 0 amide bonds. The molecular formula is C10H10BrN3OS. The Labute approximate surface area is 104 Å². The van der Waals surface area contributed by atoms with Crippen molar-refractivity contribution in [3.8, 4) is 0 Å². The molecule has 84 valence electrons. The van der Waals surface area contributed by atoms with Gasteiger partial charge in [0.05, 0.1) is 0 Å². The third-order valence-electron chi connectivity index (χ3n) is 2.86. The Morgan fingerprint density at radius 3 is 3.00 bits per heavy atom. The predicted molar refractivity (Wildman–Crippen MR) is 66.9 cm³/mol. The van der Waals surface area contributed by atoms with Gasteiger partial charge in [0.2, 0.25) is 0 Å². The molecule has 0 fully saturated rings. The summed E-state index contributed by atoms with van der Waals surface area (Å²) < 4.78 is 2.52. The van der Waals surface area contributed by atoms with Crippen molar-refractivity contribution >= 4 is 37.6 Å². The number of thiazole rings is 1. The van der Waals surface area contributed by atoms with E-state index in [1.165, 1.54) is 17.8 Å². The summed E-state index contributed by atoms with van der Waals surface area (Å²) in [5, 5.41) is 0. The highest BCUT2D eigenvalue weighted by molar-refractivity contribution is 9.11. The molecule has 2 aromatic heterocycles. The van der Waals surface area contributed by atoms with E-state index in [0.717, 1.165) is 40.4 Å². The van der Waals surface area contributed by atoms with Crippen molar-refractivity contribution in [1.82, 2.24) is 14.5 Å². The van der Waals surface area contributed by atoms with Crippen molar-refractivity contribution in [3.63, 3.8) is 0 Å².